The Morgan fingerprint density at radius 3 is 2.13 bits per heavy atom. The first-order valence-electron chi connectivity index (χ1n) is 11.7. The third kappa shape index (κ3) is 12.9. The van der Waals surface area contributed by atoms with Gasteiger partial charge in [0.25, 0.3) is 5.91 Å². The highest BCUT2D eigenvalue weighted by Gasteiger charge is 2.12. The smallest absolute Gasteiger partial charge is 0.253 e. The molecule has 0 saturated carbocycles. The van der Waals surface area contributed by atoms with Gasteiger partial charge in [0.15, 0.2) is 5.11 Å². The van der Waals surface area contributed by atoms with Gasteiger partial charge in [0.05, 0.1) is 11.3 Å². The van der Waals surface area contributed by atoms with Crippen LogP contribution in [0.15, 0.2) is 36.9 Å². The van der Waals surface area contributed by atoms with Crippen molar-refractivity contribution in [3.63, 3.8) is 0 Å². The van der Waals surface area contributed by atoms with Crippen LogP contribution in [0.5, 0.6) is 0 Å². The van der Waals surface area contributed by atoms with Crippen LogP contribution in [0.25, 0.3) is 0 Å². The van der Waals surface area contributed by atoms with Crippen LogP contribution in [0.3, 0.4) is 0 Å². The molecule has 0 aliphatic heterocycles. The molecular formula is C25H39N3O2S. The zero-order valence-corrected chi connectivity index (χ0v) is 19.8. The van der Waals surface area contributed by atoms with Crippen molar-refractivity contribution in [2.75, 3.05) is 11.9 Å². The number of hydrogen-bond acceptors (Lipinski definition) is 3. The fourth-order valence-corrected chi connectivity index (χ4v) is 3.57. The molecule has 0 unspecified atom stereocenters. The van der Waals surface area contributed by atoms with E-state index in [0.717, 1.165) is 12.8 Å². The van der Waals surface area contributed by atoms with Crippen LogP contribution < -0.4 is 16.0 Å². The maximum absolute atomic E-state index is 12.2. The van der Waals surface area contributed by atoms with E-state index in [4.69, 9.17) is 12.2 Å². The van der Waals surface area contributed by atoms with Crippen LogP contribution in [-0.2, 0) is 4.79 Å². The van der Waals surface area contributed by atoms with E-state index in [1.807, 2.05) is 6.07 Å². The zero-order chi connectivity index (χ0) is 22.7. The molecule has 0 aliphatic carbocycles. The summed E-state index contributed by atoms with van der Waals surface area (Å²) in [4.78, 5) is 24.4. The summed E-state index contributed by atoms with van der Waals surface area (Å²) in [5.41, 5.74) is 1.02. The largest absolute Gasteiger partial charge is 0.349 e. The molecule has 0 heterocycles. The maximum atomic E-state index is 12.2. The van der Waals surface area contributed by atoms with E-state index in [-0.39, 0.29) is 16.9 Å². The Balaban J connectivity index is 2.20. The minimum absolute atomic E-state index is 0.0954. The summed E-state index contributed by atoms with van der Waals surface area (Å²) in [7, 11) is 0. The van der Waals surface area contributed by atoms with Gasteiger partial charge in [-0.2, -0.15) is 0 Å². The van der Waals surface area contributed by atoms with Crippen molar-refractivity contribution in [2.24, 2.45) is 0 Å². The Labute approximate surface area is 193 Å². The molecule has 1 aromatic rings. The second kappa shape index (κ2) is 17.5. The number of thiocarbonyl (C=S) groups is 1. The Bertz CT molecular complexity index is 691. The number of carbonyl (C=O) groups is 2. The first-order chi connectivity index (χ1) is 15.1. The molecule has 31 heavy (non-hydrogen) atoms. The quantitative estimate of drug-likeness (QED) is 0.163. The lowest BCUT2D eigenvalue weighted by atomic mass is 10.1. The average molecular weight is 446 g/mol. The van der Waals surface area contributed by atoms with Gasteiger partial charge in [0.1, 0.15) is 0 Å². The van der Waals surface area contributed by atoms with Gasteiger partial charge in [0, 0.05) is 13.0 Å². The van der Waals surface area contributed by atoms with Crippen LogP contribution in [0.2, 0.25) is 0 Å². The predicted octanol–water partition coefficient (Wildman–Crippen LogP) is 6.12. The average Bonchev–Trinajstić information content (AvgIpc) is 2.76. The number of rotatable bonds is 16. The molecule has 0 saturated heterocycles. The molecule has 5 nitrogen and oxygen atoms in total. The normalized spacial score (nSPS) is 10.4. The minimum Gasteiger partial charge on any atom is -0.349 e. The number of hydrogen-bond donors (Lipinski definition) is 3. The van der Waals surface area contributed by atoms with E-state index < -0.39 is 0 Å². The molecular weight excluding hydrogens is 406 g/mol. The summed E-state index contributed by atoms with van der Waals surface area (Å²) in [5.74, 6) is -0.319. The maximum Gasteiger partial charge on any atom is 0.253 e. The lowest BCUT2D eigenvalue weighted by Gasteiger charge is -2.13. The molecule has 0 fully saturated rings. The highest BCUT2D eigenvalue weighted by Crippen LogP contribution is 2.15. The molecule has 0 bridgehead atoms. The van der Waals surface area contributed by atoms with Gasteiger partial charge >= 0.3 is 0 Å². The van der Waals surface area contributed by atoms with Gasteiger partial charge < -0.3 is 16.0 Å². The number of carbonyl (C=O) groups excluding carboxylic acids is 2. The Morgan fingerprint density at radius 1 is 0.935 bits per heavy atom. The van der Waals surface area contributed by atoms with Crippen LogP contribution >= 0.6 is 12.2 Å². The molecule has 0 atom stereocenters. The number of benzene rings is 1. The van der Waals surface area contributed by atoms with Gasteiger partial charge in [-0.25, -0.2) is 0 Å². The zero-order valence-electron chi connectivity index (χ0n) is 19.0. The fraction of sp³-hybridized carbons (Fsp3) is 0.560. The second-order valence-electron chi connectivity index (χ2n) is 7.83. The van der Waals surface area contributed by atoms with Gasteiger partial charge in [-0.3, -0.25) is 9.59 Å². The summed E-state index contributed by atoms with van der Waals surface area (Å²) in [6.07, 6.45) is 15.8. The number of anilines is 1. The van der Waals surface area contributed by atoms with E-state index in [9.17, 15) is 9.59 Å². The van der Waals surface area contributed by atoms with E-state index in [0.29, 0.717) is 24.2 Å². The van der Waals surface area contributed by atoms with Gasteiger partial charge in [-0.15, -0.1) is 6.58 Å². The summed E-state index contributed by atoms with van der Waals surface area (Å²) in [6, 6.07) is 7.05. The molecule has 0 aliphatic rings. The summed E-state index contributed by atoms with van der Waals surface area (Å²) >= 11 is 5.24. The highest BCUT2D eigenvalue weighted by molar-refractivity contribution is 7.80. The van der Waals surface area contributed by atoms with E-state index >= 15 is 0 Å². The molecule has 0 spiro atoms. The molecule has 172 valence electrons. The summed E-state index contributed by atoms with van der Waals surface area (Å²) in [6.45, 7) is 6.22. The van der Waals surface area contributed by atoms with Crippen LogP contribution in [0.1, 0.15) is 94.3 Å². The lowest BCUT2D eigenvalue weighted by molar-refractivity contribution is -0.119. The van der Waals surface area contributed by atoms with Crippen molar-refractivity contribution < 1.29 is 9.59 Å². The number of para-hydroxylation sites is 1. The predicted molar refractivity (Wildman–Crippen MR) is 134 cm³/mol. The van der Waals surface area contributed by atoms with Crippen molar-refractivity contribution in [1.82, 2.24) is 10.6 Å². The third-order valence-electron chi connectivity index (χ3n) is 5.09. The van der Waals surface area contributed by atoms with Crippen LogP contribution in [0, 0.1) is 0 Å². The van der Waals surface area contributed by atoms with Crippen molar-refractivity contribution in [1.29, 1.82) is 0 Å². The number of nitrogens with one attached hydrogen (secondary N) is 3. The standard InChI is InChI=1S/C25H39N3O2S/c1-3-5-6-7-8-9-10-11-12-13-14-19-23(29)28-25(31)27-22-18-16-15-17-21(22)24(30)26-20-4-2/h4,15-18H,2-3,5-14,19-20H2,1H3,(H,26,30)(H2,27,28,29,31). The molecule has 2 amide bonds. The third-order valence-corrected chi connectivity index (χ3v) is 5.29. The molecule has 0 radical (unpaired) electrons. The summed E-state index contributed by atoms with van der Waals surface area (Å²) in [5, 5.41) is 8.61. The minimum atomic E-state index is -0.224. The van der Waals surface area contributed by atoms with Crippen LogP contribution in [0.4, 0.5) is 5.69 Å². The Hall–Kier alpha value is -2.21. The molecule has 6 heteroatoms. The highest BCUT2D eigenvalue weighted by atomic mass is 32.1. The Kier molecular flexibility index (Phi) is 15.1. The van der Waals surface area contributed by atoms with E-state index in [1.54, 1.807) is 24.3 Å². The number of amides is 2. The van der Waals surface area contributed by atoms with Crippen molar-refractivity contribution in [3.8, 4) is 0 Å². The van der Waals surface area contributed by atoms with E-state index in [2.05, 4.69) is 29.5 Å². The SMILES string of the molecule is C=CCNC(=O)c1ccccc1NC(=S)NC(=O)CCCCCCCCCCCCC. The molecule has 0 aromatic heterocycles. The second-order valence-corrected chi connectivity index (χ2v) is 8.24. The van der Waals surface area contributed by atoms with Gasteiger partial charge in [0.2, 0.25) is 5.91 Å². The summed E-state index contributed by atoms with van der Waals surface area (Å²) < 4.78 is 0. The fourth-order valence-electron chi connectivity index (χ4n) is 3.34. The number of unbranched alkanes of at least 4 members (excludes halogenated alkanes) is 10. The molecule has 1 aromatic carbocycles. The van der Waals surface area contributed by atoms with Gasteiger partial charge in [-0.05, 0) is 30.8 Å². The van der Waals surface area contributed by atoms with Gasteiger partial charge in [-0.1, -0.05) is 89.3 Å². The van der Waals surface area contributed by atoms with E-state index in [1.165, 1.54) is 57.8 Å². The van der Waals surface area contributed by atoms with Crippen molar-refractivity contribution >= 4 is 34.8 Å². The first kappa shape index (κ1) is 26.8. The lowest BCUT2D eigenvalue weighted by Crippen LogP contribution is -2.34. The van der Waals surface area contributed by atoms with Crippen molar-refractivity contribution in [2.45, 2.75) is 84.0 Å². The molecule has 1 rings (SSSR count). The monoisotopic (exact) mass is 445 g/mol. The Morgan fingerprint density at radius 2 is 1.52 bits per heavy atom. The first-order valence-corrected chi connectivity index (χ1v) is 12.1. The molecule has 3 N–H and O–H groups in total. The van der Waals surface area contributed by atoms with Crippen molar-refractivity contribution in [3.05, 3.63) is 42.5 Å². The van der Waals surface area contributed by atoms with Crippen LogP contribution in [-0.4, -0.2) is 23.5 Å². The topological polar surface area (TPSA) is 70.2 Å².